The molecule has 5 nitrogen and oxygen atoms in total. The summed E-state index contributed by atoms with van der Waals surface area (Å²) in [7, 11) is 0. The van der Waals surface area contributed by atoms with Gasteiger partial charge >= 0.3 is 0 Å². The van der Waals surface area contributed by atoms with Crippen molar-refractivity contribution in [2.45, 2.75) is 26.3 Å². The number of rotatable bonds is 5. The number of para-hydroxylation sites is 1. The van der Waals surface area contributed by atoms with Gasteiger partial charge in [0.15, 0.2) is 0 Å². The number of benzene rings is 1. The fraction of sp³-hybridized carbons (Fsp3) is 0.467. The molecule has 0 radical (unpaired) electrons. The van der Waals surface area contributed by atoms with Crippen LogP contribution in [0.25, 0.3) is 0 Å². The Balaban J connectivity index is 1.84. The maximum absolute atomic E-state index is 12.1. The van der Waals surface area contributed by atoms with Crippen molar-refractivity contribution in [3.05, 3.63) is 29.8 Å². The summed E-state index contributed by atoms with van der Waals surface area (Å²) in [5.74, 6) is -0.166. The zero-order valence-corrected chi connectivity index (χ0v) is 12.0. The van der Waals surface area contributed by atoms with E-state index in [1.807, 2.05) is 38.1 Å². The minimum Gasteiger partial charge on any atom is -0.373 e. The van der Waals surface area contributed by atoms with Crippen molar-refractivity contribution >= 4 is 17.5 Å². The number of anilines is 1. The number of amides is 2. The highest BCUT2D eigenvalue weighted by Gasteiger charge is 2.26. The fourth-order valence-corrected chi connectivity index (χ4v) is 2.43. The molecule has 0 aliphatic carbocycles. The van der Waals surface area contributed by atoms with E-state index in [9.17, 15) is 9.59 Å². The van der Waals surface area contributed by atoms with Gasteiger partial charge < -0.3 is 15.5 Å². The monoisotopic (exact) mass is 275 g/mol. The molecule has 1 aromatic rings. The van der Waals surface area contributed by atoms with Crippen LogP contribution < -0.4 is 10.6 Å². The van der Waals surface area contributed by atoms with E-state index in [1.54, 1.807) is 4.90 Å². The largest absolute Gasteiger partial charge is 0.373 e. The van der Waals surface area contributed by atoms with Gasteiger partial charge in [-0.1, -0.05) is 18.2 Å². The van der Waals surface area contributed by atoms with Gasteiger partial charge in [0.1, 0.15) is 6.04 Å². The quantitative estimate of drug-likeness (QED) is 0.843. The number of carbonyl (C=O) groups excluding carboxylic acids is 2. The van der Waals surface area contributed by atoms with Crippen LogP contribution in [0.3, 0.4) is 0 Å². The molecule has 1 aromatic carbocycles. The van der Waals surface area contributed by atoms with Crippen molar-refractivity contribution in [1.29, 1.82) is 0 Å². The third-order valence-corrected chi connectivity index (χ3v) is 3.62. The minimum atomic E-state index is -0.281. The molecule has 0 bridgehead atoms. The lowest BCUT2D eigenvalue weighted by Gasteiger charge is -2.19. The molecule has 0 fully saturated rings. The molecule has 2 amide bonds. The number of hydrogen-bond donors (Lipinski definition) is 2. The van der Waals surface area contributed by atoms with Crippen LogP contribution in [0.15, 0.2) is 24.3 Å². The molecule has 20 heavy (non-hydrogen) atoms. The molecule has 0 spiro atoms. The number of nitrogens with one attached hydrogen (secondary N) is 2. The molecule has 2 N–H and O–H groups in total. The highest BCUT2D eigenvalue weighted by atomic mass is 16.2. The highest BCUT2D eigenvalue weighted by Crippen LogP contribution is 2.24. The van der Waals surface area contributed by atoms with Crippen LogP contribution >= 0.6 is 0 Å². The lowest BCUT2D eigenvalue weighted by atomic mass is 10.1. The molecule has 5 heteroatoms. The standard InChI is InChI=1S/C15H21N3O2/c1-3-18(4-2)14(19)10-16-15(20)13-9-11-7-5-6-8-12(11)17-13/h5-8,13,17H,3-4,9-10H2,1-2H3,(H,16,20)/t13-/m0/s1. The SMILES string of the molecule is CCN(CC)C(=O)CNC(=O)[C@@H]1Cc2ccccc2N1. The summed E-state index contributed by atoms with van der Waals surface area (Å²) in [5, 5.41) is 5.89. The van der Waals surface area contributed by atoms with E-state index < -0.39 is 0 Å². The number of fused-ring (bicyclic) bond motifs is 1. The van der Waals surface area contributed by atoms with Gasteiger partial charge in [-0.15, -0.1) is 0 Å². The smallest absolute Gasteiger partial charge is 0.243 e. The normalized spacial score (nSPS) is 16.2. The van der Waals surface area contributed by atoms with E-state index in [0.29, 0.717) is 19.5 Å². The van der Waals surface area contributed by atoms with Crippen LogP contribution in [0.1, 0.15) is 19.4 Å². The van der Waals surface area contributed by atoms with E-state index in [4.69, 9.17) is 0 Å². The van der Waals surface area contributed by atoms with Crippen molar-refractivity contribution in [3.8, 4) is 0 Å². The summed E-state index contributed by atoms with van der Waals surface area (Å²) in [4.78, 5) is 25.6. The van der Waals surface area contributed by atoms with Gasteiger partial charge in [0.2, 0.25) is 11.8 Å². The van der Waals surface area contributed by atoms with Gasteiger partial charge in [-0.05, 0) is 25.5 Å². The molecular formula is C15H21N3O2. The first-order valence-corrected chi connectivity index (χ1v) is 7.05. The first kappa shape index (κ1) is 14.4. The molecule has 0 aromatic heterocycles. The molecule has 1 aliphatic rings. The van der Waals surface area contributed by atoms with Crippen molar-refractivity contribution in [1.82, 2.24) is 10.2 Å². The summed E-state index contributed by atoms with van der Waals surface area (Å²) in [6.07, 6.45) is 0.668. The topological polar surface area (TPSA) is 61.4 Å². The maximum Gasteiger partial charge on any atom is 0.243 e. The fourth-order valence-electron chi connectivity index (χ4n) is 2.43. The molecule has 0 saturated carbocycles. The van der Waals surface area contributed by atoms with Crippen LogP contribution in [0.4, 0.5) is 5.69 Å². The Morgan fingerprint density at radius 1 is 1.30 bits per heavy atom. The molecule has 1 heterocycles. The summed E-state index contributed by atoms with van der Waals surface area (Å²) in [6.45, 7) is 5.25. The van der Waals surface area contributed by atoms with E-state index in [-0.39, 0.29) is 24.4 Å². The van der Waals surface area contributed by atoms with Gasteiger partial charge in [0.25, 0.3) is 0 Å². The first-order chi connectivity index (χ1) is 9.65. The number of hydrogen-bond acceptors (Lipinski definition) is 3. The Hall–Kier alpha value is -2.04. The van der Waals surface area contributed by atoms with E-state index in [0.717, 1.165) is 11.3 Å². The summed E-state index contributed by atoms with van der Waals surface area (Å²) in [5.41, 5.74) is 2.14. The Morgan fingerprint density at radius 2 is 2.00 bits per heavy atom. The van der Waals surface area contributed by atoms with Gasteiger partial charge in [0, 0.05) is 25.2 Å². The minimum absolute atomic E-state index is 0.0427. The molecule has 1 atom stereocenters. The zero-order valence-electron chi connectivity index (χ0n) is 12.0. The molecule has 1 aliphatic heterocycles. The molecular weight excluding hydrogens is 254 g/mol. The van der Waals surface area contributed by atoms with Gasteiger partial charge in [-0.2, -0.15) is 0 Å². The maximum atomic E-state index is 12.1. The lowest BCUT2D eigenvalue weighted by Crippen LogP contribution is -2.44. The second kappa shape index (κ2) is 6.41. The van der Waals surface area contributed by atoms with Crippen molar-refractivity contribution in [2.75, 3.05) is 25.0 Å². The predicted molar refractivity (Wildman–Crippen MR) is 78.5 cm³/mol. The Bertz CT molecular complexity index is 473. The number of likely N-dealkylation sites (N-methyl/N-ethyl adjacent to an activating group) is 1. The average molecular weight is 275 g/mol. The summed E-state index contributed by atoms with van der Waals surface area (Å²) >= 11 is 0. The van der Waals surface area contributed by atoms with E-state index >= 15 is 0 Å². The average Bonchev–Trinajstić information content (AvgIpc) is 2.90. The van der Waals surface area contributed by atoms with Gasteiger partial charge in [-0.25, -0.2) is 0 Å². The number of carbonyl (C=O) groups is 2. The first-order valence-electron chi connectivity index (χ1n) is 7.05. The summed E-state index contributed by atoms with van der Waals surface area (Å²) in [6, 6.07) is 7.60. The van der Waals surface area contributed by atoms with Crippen molar-refractivity contribution < 1.29 is 9.59 Å². The van der Waals surface area contributed by atoms with Crippen LogP contribution in [0.5, 0.6) is 0 Å². The second-order valence-electron chi connectivity index (χ2n) is 4.84. The molecule has 2 rings (SSSR count). The molecule has 108 valence electrons. The second-order valence-corrected chi connectivity index (χ2v) is 4.84. The van der Waals surface area contributed by atoms with Crippen molar-refractivity contribution in [2.24, 2.45) is 0 Å². The van der Waals surface area contributed by atoms with Crippen molar-refractivity contribution in [3.63, 3.8) is 0 Å². The van der Waals surface area contributed by atoms with E-state index in [1.165, 1.54) is 0 Å². The number of nitrogens with zero attached hydrogens (tertiary/aromatic N) is 1. The Morgan fingerprint density at radius 3 is 2.65 bits per heavy atom. The van der Waals surface area contributed by atoms with Crippen LogP contribution in [-0.4, -0.2) is 42.4 Å². The van der Waals surface area contributed by atoms with Gasteiger partial charge in [0.05, 0.1) is 6.54 Å². The lowest BCUT2D eigenvalue weighted by molar-refractivity contribution is -0.132. The summed E-state index contributed by atoms with van der Waals surface area (Å²) < 4.78 is 0. The zero-order chi connectivity index (χ0) is 14.5. The van der Waals surface area contributed by atoms with E-state index in [2.05, 4.69) is 10.6 Å². The Kier molecular flexibility index (Phi) is 4.61. The van der Waals surface area contributed by atoms with Crippen LogP contribution in [0, 0.1) is 0 Å². The third-order valence-electron chi connectivity index (χ3n) is 3.62. The molecule has 0 unspecified atom stereocenters. The third kappa shape index (κ3) is 3.10. The Labute approximate surface area is 119 Å². The molecule has 0 saturated heterocycles. The highest BCUT2D eigenvalue weighted by molar-refractivity contribution is 5.90. The predicted octanol–water partition coefficient (Wildman–Crippen LogP) is 1.01. The van der Waals surface area contributed by atoms with Crippen LogP contribution in [-0.2, 0) is 16.0 Å². The van der Waals surface area contributed by atoms with Crippen LogP contribution in [0.2, 0.25) is 0 Å². The van der Waals surface area contributed by atoms with Gasteiger partial charge in [-0.3, -0.25) is 9.59 Å².